The highest BCUT2D eigenvalue weighted by Gasteiger charge is 2.09. The summed E-state index contributed by atoms with van der Waals surface area (Å²) in [6.07, 6.45) is 3.75. The fourth-order valence-electron chi connectivity index (χ4n) is 1.11. The molecular weight excluding hydrogens is 236 g/mol. The van der Waals surface area contributed by atoms with Crippen molar-refractivity contribution in [2.45, 2.75) is 23.9 Å². The van der Waals surface area contributed by atoms with E-state index in [4.69, 9.17) is 0 Å². The summed E-state index contributed by atoms with van der Waals surface area (Å²) in [5.41, 5.74) is 2.43. The molecule has 0 aliphatic rings. The van der Waals surface area contributed by atoms with Gasteiger partial charge in [-0.15, -0.1) is 46.9 Å². The highest BCUT2D eigenvalue weighted by atomic mass is 32.2. The van der Waals surface area contributed by atoms with Crippen molar-refractivity contribution < 1.29 is 0 Å². The number of aromatic nitrogens is 2. The molecule has 1 heterocycles. The fourth-order valence-corrected chi connectivity index (χ4v) is 2.60. The van der Waals surface area contributed by atoms with Gasteiger partial charge in [0.25, 0.3) is 0 Å². The second-order valence-corrected chi connectivity index (χ2v) is 5.28. The van der Waals surface area contributed by atoms with Crippen molar-refractivity contribution in [3.63, 3.8) is 0 Å². The third-order valence-electron chi connectivity index (χ3n) is 2.11. The Hall–Kier alpha value is -0.740. The highest BCUT2D eigenvalue weighted by molar-refractivity contribution is 7.99. The zero-order valence-electron chi connectivity index (χ0n) is 9.69. The standard InChI is InChI=1S/C12H16N2S2/c1-5-7-15-11-9(3)10(4)12(14-13-11)16-8-6-2/h5-6H,1-2,7-8H2,3-4H3. The Morgan fingerprint density at radius 1 is 0.938 bits per heavy atom. The van der Waals surface area contributed by atoms with Gasteiger partial charge in [-0.1, -0.05) is 12.2 Å². The quantitative estimate of drug-likeness (QED) is 0.570. The molecule has 86 valence electrons. The summed E-state index contributed by atoms with van der Waals surface area (Å²) in [7, 11) is 0. The lowest BCUT2D eigenvalue weighted by molar-refractivity contribution is 0.817. The average molecular weight is 252 g/mol. The van der Waals surface area contributed by atoms with Gasteiger partial charge in [-0.3, -0.25) is 0 Å². The zero-order valence-corrected chi connectivity index (χ0v) is 11.3. The van der Waals surface area contributed by atoms with Crippen LogP contribution in [0.3, 0.4) is 0 Å². The van der Waals surface area contributed by atoms with E-state index in [1.54, 1.807) is 23.5 Å². The van der Waals surface area contributed by atoms with Crippen LogP contribution in [-0.2, 0) is 0 Å². The molecule has 0 unspecified atom stereocenters. The van der Waals surface area contributed by atoms with Crippen molar-refractivity contribution in [3.8, 4) is 0 Å². The first kappa shape index (κ1) is 13.3. The molecule has 0 saturated carbocycles. The van der Waals surface area contributed by atoms with Crippen molar-refractivity contribution in [2.24, 2.45) is 0 Å². The molecule has 16 heavy (non-hydrogen) atoms. The summed E-state index contributed by atoms with van der Waals surface area (Å²) in [6.45, 7) is 11.6. The Morgan fingerprint density at radius 3 is 1.62 bits per heavy atom. The maximum Gasteiger partial charge on any atom is 0.122 e. The van der Waals surface area contributed by atoms with Crippen LogP contribution in [0.25, 0.3) is 0 Å². The molecule has 1 aromatic rings. The van der Waals surface area contributed by atoms with Gasteiger partial charge in [-0.25, -0.2) is 0 Å². The number of thioether (sulfide) groups is 2. The number of hydrogen-bond donors (Lipinski definition) is 0. The van der Waals surface area contributed by atoms with Crippen LogP contribution >= 0.6 is 23.5 Å². The Labute approximate surface area is 106 Å². The van der Waals surface area contributed by atoms with Gasteiger partial charge in [-0.2, -0.15) is 0 Å². The van der Waals surface area contributed by atoms with Crippen LogP contribution in [0.5, 0.6) is 0 Å². The lowest BCUT2D eigenvalue weighted by Gasteiger charge is -2.08. The molecule has 0 bridgehead atoms. The van der Waals surface area contributed by atoms with Crippen molar-refractivity contribution in [1.82, 2.24) is 10.2 Å². The van der Waals surface area contributed by atoms with Crippen LogP contribution in [-0.4, -0.2) is 21.7 Å². The summed E-state index contributed by atoms with van der Waals surface area (Å²) in [4.78, 5) is 0. The van der Waals surface area contributed by atoms with Crippen LogP contribution in [0.1, 0.15) is 11.1 Å². The van der Waals surface area contributed by atoms with E-state index < -0.39 is 0 Å². The maximum atomic E-state index is 4.24. The summed E-state index contributed by atoms with van der Waals surface area (Å²) < 4.78 is 0. The molecule has 0 fully saturated rings. The van der Waals surface area contributed by atoms with Crippen LogP contribution < -0.4 is 0 Å². The second-order valence-electron chi connectivity index (χ2n) is 3.26. The minimum atomic E-state index is 0.869. The molecule has 0 N–H and O–H groups in total. The smallest absolute Gasteiger partial charge is 0.122 e. The predicted molar refractivity (Wildman–Crippen MR) is 73.3 cm³/mol. The molecular formula is C12H16N2S2. The van der Waals surface area contributed by atoms with E-state index in [-0.39, 0.29) is 0 Å². The summed E-state index contributed by atoms with van der Waals surface area (Å²) in [6, 6.07) is 0. The molecule has 2 nitrogen and oxygen atoms in total. The monoisotopic (exact) mass is 252 g/mol. The second kappa shape index (κ2) is 6.76. The van der Waals surface area contributed by atoms with Crippen molar-refractivity contribution in [1.29, 1.82) is 0 Å². The van der Waals surface area contributed by atoms with Gasteiger partial charge in [0.2, 0.25) is 0 Å². The van der Waals surface area contributed by atoms with Crippen LogP contribution in [0.15, 0.2) is 35.4 Å². The Morgan fingerprint density at radius 2 is 1.31 bits per heavy atom. The topological polar surface area (TPSA) is 25.8 Å². The van der Waals surface area contributed by atoms with Crippen molar-refractivity contribution in [3.05, 3.63) is 36.4 Å². The molecule has 1 rings (SSSR count). The molecule has 1 aromatic heterocycles. The van der Waals surface area contributed by atoms with Crippen molar-refractivity contribution in [2.75, 3.05) is 11.5 Å². The number of hydrogen-bond acceptors (Lipinski definition) is 4. The van der Waals surface area contributed by atoms with Crippen LogP contribution in [0.4, 0.5) is 0 Å². The summed E-state index contributed by atoms with van der Waals surface area (Å²) in [5, 5.41) is 10.5. The lowest BCUT2D eigenvalue weighted by atomic mass is 10.2. The fraction of sp³-hybridized carbons (Fsp3) is 0.333. The van der Waals surface area contributed by atoms with Gasteiger partial charge in [-0.05, 0) is 25.0 Å². The predicted octanol–water partition coefficient (Wildman–Crippen LogP) is 3.65. The van der Waals surface area contributed by atoms with E-state index in [0.29, 0.717) is 0 Å². The summed E-state index contributed by atoms with van der Waals surface area (Å²) >= 11 is 3.35. The van der Waals surface area contributed by atoms with Gasteiger partial charge in [0, 0.05) is 11.5 Å². The lowest BCUT2D eigenvalue weighted by Crippen LogP contribution is -1.98. The van der Waals surface area contributed by atoms with Gasteiger partial charge >= 0.3 is 0 Å². The number of rotatable bonds is 6. The maximum absolute atomic E-state index is 4.24. The van der Waals surface area contributed by atoms with E-state index in [9.17, 15) is 0 Å². The van der Waals surface area contributed by atoms with Crippen molar-refractivity contribution >= 4 is 23.5 Å². The first-order chi connectivity index (χ1) is 7.70. The average Bonchev–Trinajstić information content (AvgIpc) is 2.30. The molecule has 0 aliphatic heterocycles. The van der Waals surface area contributed by atoms with Gasteiger partial charge < -0.3 is 0 Å². The van der Waals surface area contributed by atoms with Gasteiger partial charge in [0.05, 0.1) is 0 Å². The minimum absolute atomic E-state index is 0.869. The SMILES string of the molecule is C=CCSc1nnc(SCC=C)c(C)c1C. The van der Waals surface area contributed by atoms with Crippen LogP contribution in [0, 0.1) is 13.8 Å². The third-order valence-corrected chi connectivity index (χ3v) is 4.24. The Bertz CT molecular complexity index is 352. The molecule has 0 aliphatic carbocycles. The first-order valence-corrected chi connectivity index (χ1v) is 6.99. The normalized spacial score (nSPS) is 10.1. The molecule has 0 spiro atoms. The van der Waals surface area contributed by atoms with E-state index in [0.717, 1.165) is 21.6 Å². The molecule has 0 saturated heterocycles. The van der Waals surface area contributed by atoms with E-state index in [2.05, 4.69) is 37.2 Å². The summed E-state index contributed by atoms with van der Waals surface area (Å²) in [5.74, 6) is 1.74. The van der Waals surface area contributed by atoms with E-state index in [1.807, 2.05) is 12.2 Å². The van der Waals surface area contributed by atoms with E-state index >= 15 is 0 Å². The zero-order chi connectivity index (χ0) is 12.0. The molecule has 0 aromatic carbocycles. The highest BCUT2D eigenvalue weighted by Crippen LogP contribution is 2.27. The van der Waals surface area contributed by atoms with E-state index in [1.165, 1.54) is 11.1 Å². The van der Waals surface area contributed by atoms with Gasteiger partial charge in [0.15, 0.2) is 0 Å². The molecule has 0 atom stereocenters. The minimum Gasteiger partial charge on any atom is -0.143 e. The Balaban J connectivity index is 2.88. The largest absolute Gasteiger partial charge is 0.143 e. The first-order valence-electron chi connectivity index (χ1n) is 5.02. The molecule has 4 heteroatoms. The number of nitrogens with zero attached hydrogens (tertiary/aromatic N) is 2. The Kier molecular flexibility index (Phi) is 5.63. The molecule has 0 radical (unpaired) electrons. The van der Waals surface area contributed by atoms with Crippen LogP contribution in [0.2, 0.25) is 0 Å². The molecule has 0 amide bonds. The van der Waals surface area contributed by atoms with Gasteiger partial charge in [0.1, 0.15) is 10.1 Å². The third kappa shape index (κ3) is 3.39.